The van der Waals surface area contributed by atoms with Crippen molar-refractivity contribution in [1.29, 1.82) is 0 Å². The van der Waals surface area contributed by atoms with Crippen LogP contribution in [0.25, 0.3) is 0 Å². The monoisotopic (exact) mass is 1470 g/mol. The zero-order valence-corrected chi connectivity index (χ0v) is 53.2. The average Bonchev–Trinajstić information content (AvgIpc) is 0.770. The maximum atomic E-state index is 12.2. The third-order valence-electron chi connectivity index (χ3n) is 17.6. The fraction of sp³-hybridized carbons (Fsp3) is 0.929. The third kappa shape index (κ3) is 19.1. The van der Waals surface area contributed by atoms with Gasteiger partial charge >= 0.3 is 0 Å². The molecule has 23 N–H and O–H groups in total. The van der Waals surface area contributed by atoms with Gasteiger partial charge in [0.2, 0.25) is 6.29 Å². The van der Waals surface area contributed by atoms with Gasteiger partial charge in [0.1, 0.15) is 183 Å². The second kappa shape index (κ2) is 38.6. The van der Waals surface area contributed by atoms with Crippen molar-refractivity contribution in [2.75, 3.05) is 59.5 Å². The molecule has 40 unspecified atom stereocenters. The van der Waals surface area contributed by atoms with Gasteiger partial charge in [0.25, 0.3) is 0 Å². The molecule has 7 rings (SSSR count). The second-order valence-corrected chi connectivity index (χ2v) is 24.6. The van der Waals surface area contributed by atoms with Crippen LogP contribution in [0.15, 0.2) is 0 Å². The predicted molar refractivity (Wildman–Crippen MR) is 304 cm³/mol. The van der Waals surface area contributed by atoms with Crippen molar-refractivity contribution in [1.82, 2.24) is 0 Å². The molecule has 100 heavy (non-hydrogen) atoms. The molecule has 0 saturated carbocycles. The lowest BCUT2D eigenvalue weighted by molar-refractivity contribution is -0.399. The molecule has 44 heteroatoms. The van der Waals surface area contributed by atoms with Crippen molar-refractivity contribution in [3.05, 3.63) is 0 Å². The summed E-state index contributed by atoms with van der Waals surface area (Å²) in [6.07, 6.45) is -83.3. The molecule has 0 aromatic heterocycles. The standard InChI is InChI=1S/C56H92O44/c1-16(2)42-35(77)43(28(70)20(8-62)87-42)96-53-39(81)47(32(74)24(12-66)90-53)98-55-40(82)48(33(75)25(13-67)92-55)99-56-41(83)49(100-54-38(80)46(31(73)23(11-65)91-54)95-50(19(69)7-61)86-18(5-59)6-60)34(76)26(93-56)15-84-51-36(78)45(30(72)21(9-63)88-51)97-52-37(79)44(29(71)22(10-64)89-52)94-27(14-68)85-17(3-57)4-58/h3,5,7,14,16-56,58,60,62-67,69-83H,4,6,8-13,15H2,1-2H3. The van der Waals surface area contributed by atoms with Gasteiger partial charge in [-0.1, -0.05) is 13.8 Å². The molecule has 0 aromatic carbocycles. The van der Waals surface area contributed by atoms with Crippen LogP contribution in [0, 0.1) is 5.92 Å². The summed E-state index contributed by atoms with van der Waals surface area (Å²) < 4.78 is 95.9. The van der Waals surface area contributed by atoms with Gasteiger partial charge in [0.15, 0.2) is 75.3 Å². The lowest BCUT2D eigenvalue weighted by Gasteiger charge is -2.50. The van der Waals surface area contributed by atoms with Crippen LogP contribution in [0.4, 0.5) is 0 Å². The van der Waals surface area contributed by atoms with Gasteiger partial charge in [-0.25, -0.2) is 0 Å². The number of aliphatic hydroxyl groups excluding tert-OH is 23. The smallest absolute Gasteiger partial charge is 0.215 e. The van der Waals surface area contributed by atoms with Crippen molar-refractivity contribution in [3.63, 3.8) is 0 Å². The molecule has 7 aliphatic rings. The molecule has 7 fully saturated rings. The van der Waals surface area contributed by atoms with Crippen LogP contribution < -0.4 is 0 Å². The topological polar surface area (TPSA) is 690 Å². The number of ether oxygens (including phenoxy) is 17. The molecule has 7 aliphatic heterocycles. The van der Waals surface area contributed by atoms with Crippen molar-refractivity contribution >= 4 is 25.1 Å². The fourth-order valence-corrected chi connectivity index (χ4v) is 12.0. The molecule has 7 saturated heterocycles. The van der Waals surface area contributed by atoms with Crippen LogP contribution >= 0.6 is 0 Å². The first-order valence-corrected chi connectivity index (χ1v) is 31.6. The van der Waals surface area contributed by atoms with E-state index in [1.165, 1.54) is 0 Å². The molecule has 0 aromatic rings. The Bertz CT molecular complexity index is 2450. The van der Waals surface area contributed by atoms with Crippen LogP contribution in [0.3, 0.4) is 0 Å². The highest BCUT2D eigenvalue weighted by Gasteiger charge is 2.59. The van der Waals surface area contributed by atoms with Crippen LogP contribution in [-0.4, -0.2) is 448 Å². The van der Waals surface area contributed by atoms with Gasteiger partial charge in [0, 0.05) is 0 Å². The Labute approximate surface area is 566 Å². The Hall–Kier alpha value is -2.92. The van der Waals surface area contributed by atoms with Crippen molar-refractivity contribution in [2.45, 2.75) is 259 Å². The summed E-state index contributed by atoms with van der Waals surface area (Å²) in [7, 11) is 0. The molecule has 0 radical (unpaired) electrons. The maximum Gasteiger partial charge on any atom is 0.215 e. The van der Waals surface area contributed by atoms with Gasteiger partial charge in [0.05, 0.1) is 65.6 Å². The maximum absolute atomic E-state index is 12.2. The first-order valence-electron chi connectivity index (χ1n) is 31.6. The van der Waals surface area contributed by atoms with E-state index in [-0.39, 0.29) is 25.1 Å². The van der Waals surface area contributed by atoms with E-state index in [9.17, 15) is 137 Å². The summed E-state index contributed by atoms with van der Waals surface area (Å²) in [5, 5.41) is 253. The first-order chi connectivity index (χ1) is 47.6. The van der Waals surface area contributed by atoms with Crippen LogP contribution in [0.1, 0.15) is 13.8 Å². The summed E-state index contributed by atoms with van der Waals surface area (Å²) in [5.74, 6) is -0.462. The normalized spacial score (nSPS) is 45.9. The van der Waals surface area contributed by atoms with Crippen molar-refractivity contribution in [3.8, 4) is 0 Å². The molecule has 0 spiro atoms. The Morgan fingerprint density at radius 3 is 0.950 bits per heavy atom. The number of carbonyl (C=O) groups is 4. The molecular formula is C56H92O44. The third-order valence-corrected chi connectivity index (χ3v) is 17.6. The van der Waals surface area contributed by atoms with E-state index in [2.05, 4.69) is 0 Å². The summed E-state index contributed by atoms with van der Waals surface area (Å²) in [6, 6.07) is 0. The summed E-state index contributed by atoms with van der Waals surface area (Å²) in [4.78, 5) is 46.6. The minimum atomic E-state index is -2.55. The van der Waals surface area contributed by atoms with E-state index in [4.69, 9.17) is 80.5 Å². The Balaban J connectivity index is 1.18. The zero-order valence-electron chi connectivity index (χ0n) is 53.2. The van der Waals surface area contributed by atoms with Gasteiger partial charge < -0.3 is 212 Å². The molecule has 40 atom stereocenters. The molecule has 580 valence electrons. The van der Waals surface area contributed by atoms with Crippen molar-refractivity contribution in [2.24, 2.45) is 5.92 Å². The zero-order chi connectivity index (χ0) is 73.9. The Kier molecular flexibility index (Phi) is 32.5. The van der Waals surface area contributed by atoms with E-state index in [0.29, 0.717) is 0 Å². The van der Waals surface area contributed by atoms with E-state index in [1.807, 2.05) is 0 Å². The molecule has 0 bridgehead atoms. The van der Waals surface area contributed by atoms with E-state index < -0.39 is 311 Å². The van der Waals surface area contributed by atoms with E-state index in [1.54, 1.807) is 13.8 Å². The van der Waals surface area contributed by atoms with Crippen molar-refractivity contribution < 1.29 is 217 Å². The number of carbonyl (C=O) groups excluding carboxylic acids is 4. The lowest BCUT2D eigenvalue weighted by atomic mass is 9.89. The summed E-state index contributed by atoms with van der Waals surface area (Å²) in [5.41, 5.74) is 0. The quantitative estimate of drug-likeness (QED) is 0.0207. The van der Waals surface area contributed by atoms with Gasteiger partial charge in [-0.05, 0) is 5.92 Å². The molecule has 0 amide bonds. The average molecular weight is 1470 g/mol. The van der Waals surface area contributed by atoms with E-state index >= 15 is 0 Å². The molecular weight excluding hydrogens is 1380 g/mol. The molecule has 7 heterocycles. The minimum Gasteiger partial charge on any atom is -0.394 e. The number of aldehydes is 4. The summed E-state index contributed by atoms with van der Waals surface area (Å²) >= 11 is 0. The lowest BCUT2D eigenvalue weighted by Crippen LogP contribution is -2.68. The summed E-state index contributed by atoms with van der Waals surface area (Å²) in [6.45, 7) is -6.30. The fourth-order valence-electron chi connectivity index (χ4n) is 12.0. The number of aliphatic hydroxyl groups is 23. The van der Waals surface area contributed by atoms with Crippen LogP contribution in [-0.2, 0) is 99.7 Å². The highest BCUT2D eigenvalue weighted by molar-refractivity contribution is 5.59. The SMILES string of the molecule is CC(C)C1OC(CO)C(O)C(OC2OC(CO)C(O)C(OC3OC(CO)C(O)C(OC4OC(COC5OC(CO)C(O)C(OC6OC(CO)C(O)C(OC(C=O)OC(C=O)CO)C6O)C5O)C(O)C(OC5OC(CO)C(O)C(OC(OC(C=O)CO)C(O)C=O)C5O)C4O)C3O)C2O)C1O. The highest BCUT2D eigenvalue weighted by atomic mass is 16.8. The van der Waals surface area contributed by atoms with E-state index in [0.717, 1.165) is 0 Å². The number of hydrogen-bond acceptors (Lipinski definition) is 44. The van der Waals surface area contributed by atoms with Crippen LogP contribution in [0.5, 0.6) is 0 Å². The number of rotatable bonds is 35. The van der Waals surface area contributed by atoms with Crippen LogP contribution in [0.2, 0.25) is 0 Å². The number of hydrogen-bond donors (Lipinski definition) is 23. The Morgan fingerprint density at radius 2 is 0.620 bits per heavy atom. The van der Waals surface area contributed by atoms with Gasteiger partial charge in [-0.2, -0.15) is 0 Å². The minimum absolute atomic E-state index is 0.0190. The van der Waals surface area contributed by atoms with Gasteiger partial charge in [-0.3, -0.25) is 4.79 Å². The predicted octanol–water partition coefficient (Wildman–Crippen LogP) is -17.0. The Morgan fingerprint density at radius 1 is 0.330 bits per heavy atom. The molecule has 0 aliphatic carbocycles. The van der Waals surface area contributed by atoms with Gasteiger partial charge in [-0.15, -0.1) is 0 Å². The second-order valence-electron chi connectivity index (χ2n) is 24.6. The highest BCUT2D eigenvalue weighted by Crippen LogP contribution is 2.39. The first kappa shape index (κ1) is 84.3. The largest absolute Gasteiger partial charge is 0.394 e. The molecule has 44 nitrogen and oxygen atoms in total.